The molecule has 1 radical (unpaired) electrons. The molecule has 0 aliphatic carbocycles. The van der Waals surface area contributed by atoms with Crippen LogP contribution in [-0.4, -0.2) is 50.9 Å². The Balaban J connectivity index is 0. The molecule has 0 N–H and O–H groups in total. The Kier molecular flexibility index (Phi) is 8.31. The molecule has 9 heavy (non-hydrogen) atoms. The van der Waals surface area contributed by atoms with Crippen LogP contribution in [0.15, 0.2) is 0 Å². The number of hydrogen-bond donors (Lipinski definition) is 0. The third-order valence-electron chi connectivity index (χ3n) is 0.671. The summed E-state index contributed by atoms with van der Waals surface area (Å²) in [6.07, 6.45) is 0. The molecule has 0 spiro atoms. The summed E-state index contributed by atoms with van der Waals surface area (Å²) in [5.74, 6) is 0. The van der Waals surface area contributed by atoms with Crippen LogP contribution in [0.5, 0.6) is 0 Å². The van der Waals surface area contributed by atoms with Crippen molar-refractivity contribution < 1.29 is 18.1 Å². The van der Waals surface area contributed by atoms with Gasteiger partial charge in [-0.2, -0.15) is 0 Å². The van der Waals surface area contributed by atoms with E-state index in [-0.39, 0.29) is 29.6 Å². The summed E-state index contributed by atoms with van der Waals surface area (Å²) in [6.45, 7) is 0. The van der Waals surface area contributed by atoms with E-state index in [1.807, 2.05) is 0 Å². The van der Waals surface area contributed by atoms with Gasteiger partial charge in [0.25, 0.3) is 0 Å². The second-order valence-electron chi connectivity index (χ2n) is 0.995. The van der Waals surface area contributed by atoms with Crippen LogP contribution in [0.3, 0.4) is 0 Å². The summed E-state index contributed by atoms with van der Waals surface area (Å²) in [5, 5.41) is 0. The van der Waals surface area contributed by atoms with Gasteiger partial charge in [-0.1, -0.05) is 0 Å². The molecule has 0 saturated carbocycles. The van der Waals surface area contributed by atoms with Crippen LogP contribution in [0.25, 0.3) is 0 Å². The summed E-state index contributed by atoms with van der Waals surface area (Å²) in [6, 6.07) is 0. The largest absolute Gasteiger partial charge is 0.473 e. The minimum absolute atomic E-state index is 0. The molecule has 51 valence electrons. The third-order valence-corrected chi connectivity index (χ3v) is 2.01. The van der Waals surface area contributed by atoms with Gasteiger partial charge < -0.3 is 0 Å². The maximum atomic E-state index is 10.7. The second-order valence-corrected chi connectivity index (χ2v) is 2.98. The minimum Gasteiger partial charge on any atom is -0.290 e. The summed E-state index contributed by atoms with van der Waals surface area (Å²) >= 11 is 0. The van der Waals surface area contributed by atoms with E-state index in [9.17, 15) is 4.57 Å². The number of phosphoric ester groups is 1. The van der Waals surface area contributed by atoms with E-state index in [0.29, 0.717) is 0 Å². The van der Waals surface area contributed by atoms with Crippen molar-refractivity contribution in [1.82, 2.24) is 0 Å². The van der Waals surface area contributed by atoms with Gasteiger partial charge in [0.1, 0.15) is 0 Å². The maximum Gasteiger partial charge on any atom is 0.473 e. The van der Waals surface area contributed by atoms with Crippen LogP contribution >= 0.6 is 7.82 Å². The van der Waals surface area contributed by atoms with E-state index < -0.39 is 7.82 Å². The smallest absolute Gasteiger partial charge is 0.290 e. The Morgan fingerprint density at radius 3 is 1.22 bits per heavy atom. The first-order valence-corrected chi connectivity index (χ1v) is 3.42. The molecule has 0 atom stereocenters. The van der Waals surface area contributed by atoms with Gasteiger partial charge in [-0.25, -0.2) is 4.57 Å². The molecule has 4 nitrogen and oxygen atoms in total. The molecule has 0 unspecified atom stereocenters. The summed E-state index contributed by atoms with van der Waals surface area (Å²) < 4.78 is 23.7. The summed E-state index contributed by atoms with van der Waals surface area (Å²) in [5.41, 5.74) is 0. The minimum atomic E-state index is -3.16. The van der Waals surface area contributed by atoms with Crippen LogP contribution in [-0.2, 0) is 18.1 Å². The van der Waals surface area contributed by atoms with Crippen molar-refractivity contribution >= 4 is 37.4 Å². The molecule has 0 aliphatic rings. The fourth-order valence-corrected chi connectivity index (χ4v) is 0.671. The van der Waals surface area contributed by atoms with E-state index in [1.54, 1.807) is 0 Å². The first-order valence-electron chi connectivity index (χ1n) is 1.96. The molecule has 0 aromatic rings. The molecule has 0 aromatic carbocycles. The number of phosphoric acid groups is 1. The molecule has 0 heterocycles. The summed E-state index contributed by atoms with van der Waals surface area (Å²) in [7, 11) is 0.611. The van der Waals surface area contributed by atoms with Gasteiger partial charge in [0, 0.05) is 50.9 Å². The first-order chi connectivity index (χ1) is 3.68. The van der Waals surface area contributed by atoms with Gasteiger partial charge in [-0.05, 0) is 0 Å². The quantitative estimate of drug-likeness (QED) is 0.452. The second kappa shape index (κ2) is 5.86. The zero-order chi connectivity index (χ0) is 6.62. The standard InChI is InChI=1S/C3H9O4P.Na/c1-5-8(4,6-2)7-3;/h1-3H3;. The number of hydrogen-bond acceptors (Lipinski definition) is 4. The first kappa shape index (κ1) is 12.8. The predicted octanol–water partition coefficient (Wildman–Crippen LogP) is 0.653. The molecule has 0 aromatic heterocycles. The van der Waals surface area contributed by atoms with E-state index in [2.05, 4.69) is 13.6 Å². The van der Waals surface area contributed by atoms with Crippen molar-refractivity contribution in [1.29, 1.82) is 0 Å². The van der Waals surface area contributed by atoms with E-state index in [1.165, 1.54) is 21.3 Å². The van der Waals surface area contributed by atoms with Crippen LogP contribution in [0.2, 0.25) is 0 Å². The molecule has 0 bridgehead atoms. The molecule has 0 saturated heterocycles. The molecule has 0 amide bonds. The molecule has 0 rings (SSSR count). The fourth-order valence-electron chi connectivity index (χ4n) is 0.224. The van der Waals surface area contributed by atoms with Crippen molar-refractivity contribution in [3.8, 4) is 0 Å². The molecule has 0 aliphatic heterocycles. The summed E-state index contributed by atoms with van der Waals surface area (Å²) in [4.78, 5) is 0. The van der Waals surface area contributed by atoms with Crippen molar-refractivity contribution in [3.63, 3.8) is 0 Å². The maximum absolute atomic E-state index is 10.7. The van der Waals surface area contributed by atoms with E-state index >= 15 is 0 Å². The topological polar surface area (TPSA) is 44.8 Å². The molecule has 6 heteroatoms. The average Bonchev–Trinajstić information content (AvgIpc) is 1.87. The third kappa shape index (κ3) is 4.51. The van der Waals surface area contributed by atoms with Crippen molar-refractivity contribution in [2.45, 2.75) is 0 Å². The Morgan fingerprint density at radius 2 is 1.22 bits per heavy atom. The zero-order valence-electron chi connectivity index (χ0n) is 6.08. The predicted molar refractivity (Wildman–Crippen MR) is 34.4 cm³/mol. The Hall–Kier alpha value is 1.11. The van der Waals surface area contributed by atoms with Crippen LogP contribution in [0.4, 0.5) is 0 Å². The SMILES string of the molecule is COP(=O)(OC)OC.[Na]. The van der Waals surface area contributed by atoms with Gasteiger partial charge in [0.2, 0.25) is 0 Å². The monoisotopic (exact) mass is 163 g/mol. The Labute approximate surface area is 76.8 Å². The van der Waals surface area contributed by atoms with Gasteiger partial charge >= 0.3 is 7.82 Å². The van der Waals surface area contributed by atoms with Gasteiger partial charge in [0.05, 0.1) is 0 Å². The number of rotatable bonds is 3. The molecule has 0 fully saturated rings. The van der Waals surface area contributed by atoms with Gasteiger partial charge in [0.15, 0.2) is 0 Å². The normalized spacial score (nSPS) is 10.6. The fraction of sp³-hybridized carbons (Fsp3) is 1.00. The van der Waals surface area contributed by atoms with Crippen LogP contribution in [0, 0.1) is 0 Å². The Morgan fingerprint density at radius 1 is 1.00 bits per heavy atom. The van der Waals surface area contributed by atoms with Crippen LogP contribution in [0.1, 0.15) is 0 Å². The van der Waals surface area contributed by atoms with Gasteiger partial charge in [-0.15, -0.1) is 0 Å². The molecular formula is C3H9NaO4P. The van der Waals surface area contributed by atoms with E-state index in [0.717, 1.165) is 0 Å². The van der Waals surface area contributed by atoms with Crippen LogP contribution < -0.4 is 0 Å². The van der Waals surface area contributed by atoms with Crippen molar-refractivity contribution in [3.05, 3.63) is 0 Å². The zero-order valence-corrected chi connectivity index (χ0v) is 8.97. The van der Waals surface area contributed by atoms with Crippen molar-refractivity contribution in [2.24, 2.45) is 0 Å². The Bertz CT molecular complexity index is 87.0. The van der Waals surface area contributed by atoms with Gasteiger partial charge in [-0.3, -0.25) is 13.6 Å². The average molecular weight is 163 g/mol. The van der Waals surface area contributed by atoms with E-state index in [4.69, 9.17) is 0 Å². The molecular weight excluding hydrogens is 154 g/mol. The van der Waals surface area contributed by atoms with Crippen molar-refractivity contribution in [2.75, 3.05) is 21.3 Å².